The van der Waals surface area contributed by atoms with Gasteiger partial charge in [0.15, 0.2) is 5.82 Å². The lowest BCUT2D eigenvalue weighted by molar-refractivity contribution is 0.459. The number of nitrogens with two attached hydrogens (primary N) is 1. The molecular weight excluding hydrogens is 322 g/mol. The molecule has 0 saturated heterocycles. The Labute approximate surface area is 123 Å². The average Bonchev–Trinajstić information content (AvgIpc) is 2.49. The molecule has 0 aliphatic carbocycles. The fourth-order valence-electron chi connectivity index (χ4n) is 1.75. The first-order chi connectivity index (χ1) is 9.78. The van der Waals surface area contributed by atoms with Gasteiger partial charge in [0.1, 0.15) is 16.5 Å². The molecule has 0 spiro atoms. The molecule has 0 bridgehead atoms. The van der Waals surface area contributed by atoms with Crippen molar-refractivity contribution in [2.24, 2.45) is 5.84 Å². The molecule has 100 valence electrons. The molecule has 3 N–H and O–H groups in total. The molecule has 0 atom stereocenters. The van der Waals surface area contributed by atoms with Gasteiger partial charge in [0.2, 0.25) is 5.88 Å². The van der Waals surface area contributed by atoms with E-state index < -0.39 is 0 Å². The zero-order chi connectivity index (χ0) is 13.9. The van der Waals surface area contributed by atoms with E-state index in [0.29, 0.717) is 21.9 Å². The summed E-state index contributed by atoms with van der Waals surface area (Å²) >= 11 is 3.34. The number of hydrogen-bond acceptors (Lipinski definition) is 6. The summed E-state index contributed by atoms with van der Waals surface area (Å²) in [4.78, 5) is 12.3. The van der Waals surface area contributed by atoms with E-state index in [-0.39, 0.29) is 0 Å². The van der Waals surface area contributed by atoms with Crippen LogP contribution in [0.4, 0.5) is 5.82 Å². The first-order valence-electron chi connectivity index (χ1n) is 5.77. The smallest absolute Gasteiger partial charge is 0.238 e. The lowest BCUT2D eigenvalue weighted by atomic mass is 10.2. The van der Waals surface area contributed by atoms with Crippen LogP contribution in [0.2, 0.25) is 0 Å². The maximum Gasteiger partial charge on any atom is 0.238 e. The molecule has 7 heteroatoms. The van der Waals surface area contributed by atoms with Crippen molar-refractivity contribution >= 4 is 32.7 Å². The summed E-state index contributed by atoms with van der Waals surface area (Å²) in [7, 11) is 0. The van der Waals surface area contributed by atoms with E-state index in [9.17, 15) is 0 Å². The minimum Gasteiger partial charge on any atom is -0.438 e. The first kappa shape index (κ1) is 12.8. The van der Waals surface area contributed by atoms with Gasteiger partial charge < -0.3 is 10.2 Å². The Kier molecular flexibility index (Phi) is 3.44. The van der Waals surface area contributed by atoms with Crippen LogP contribution in [0.25, 0.3) is 10.9 Å². The Morgan fingerprint density at radius 1 is 1.15 bits per heavy atom. The van der Waals surface area contributed by atoms with Gasteiger partial charge in [-0.1, -0.05) is 6.07 Å². The van der Waals surface area contributed by atoms with Crippen LogP contribution in [-0.4, -0.2) is 15.0 Å². The predicted octanol–water partition coefficient (Wildman–Crippen LogP) is 2.87. The van der Waals surface area contributed by atoms with E-state index >= 15 is 0 Å². The third kappa shape index (κ3) is 2.40. The molecule has 2 aromatic heterocycles. The number of fused-ring (bicyclic) bond motifs is 1. The maximum absolute atomic E-state index is 5.73. The number of benzene rings is 1. The highest BCUT2D eigenvalue weighted by Gasteiger charge is 2.10. The van der Waals surface area contributed by atoms with Crippen molar-refractivity contribution in [2.45, 2.75) is 0 Å². The van der Waals surface area contributed by atoms with E-state index in [1.54, 1.807) is 6.20 Å². The lowest BCUT2D eigenvalue weighted by Crippen LogP contribution is -2.09. The Morgan fingerprint density at radius 3 is 2.90 bits per heavy atom. The summed E-state index contributed by atoms with van der Waals surface area (Å²) < 4.78 is 6.29. The fourth-order valence-corrected chi connectivity index (χ4v) is 2.15. The largest absolute Gasteiger partial charge is 0.438 e. The van der Waals surface area contributed by atoms with Gasteiger partial charge in [0.25, 0.3) is 0 Å². The second-order valence-corrected chi connectivity index (χ2v) is 4.74. The van der Waals surface area contributed by atoms with Crippen molar-refractivity contribution in [3.8, 4) is 11.6 Å². The van der Waals surface area contributed by atoms with Gasteiger partial charge in [-0.15, -0.1) is 0 Å². The zero-order valence-electron chi connectivity index (χ0n) is 10.2. The van der Waals surface area contributed by atoms with Crippen LogP contribution >= 0.6 is 15.9 Å². The molecule has 20 heavy (non-hydrogen) atoms. The van der Waals surface area contributed by atoms with Gasteiger partial charge in [-0.05, 0) is 34.1 Å². The number of halogens is 1. The van der Waals surface area contributed by atoms with Crippen LogP contribution in [0.15, 0.2) is 47.3 Å². The third-order valence-corrected chi connectivity index (χ3v) is 3.40. The van der Waals surface area contributed by atoms with Gasteiger partial charge in [-0.3, -0.25) is 4.98 Å². The van der Waals surface area contributed by atoms with Crippen molar-refractivity contribution in [3.05, 3.63) is 47.3 Å². The summed E-state index contributed by atoms with van der Waals surface area (Å²) in [6.45, 7) is 0. The highest BCUT2D eigenvalue weighted by Crippen LogP contribution is 2.32. The monoisotopic (exact) mass is 331 g/mol. The Bertz CT molecular complexity index is 765. The van der Waals surface area contributed by atoms with Crippen molar-refractivity contribution in [3.63, 3.8) is 0 Å². The molecule has 1 aromatic carbocycles. The van der Waals surface area contributed by atoms with Crippen LogP contribution in [0, 0.1) is 0 Å². The summed E-state index contributed by atoms with van der Waals surface area (Å²) in [5.41, 5.74) is 3.31. The fraction of sp³-hybridized carbons (Fsp3) is 0. The Morgan fingerprint density at radius 2 is 2.05 bits per heavy atom. The van der Waals surface area contributed by atoms with Crippen molar-refractivity contribution in [2.75, 3.05) is 5.43 Å². The topological polar surface area (TPSA) is 86.0 Å². The van der Waals surface area contributed by atoms with E-state index in [1.165, 1.54) is 6.33 Å². The number of hydrogen-bond donors (Lipinski definition) is 2. The van der Waals surface area contributed by atoms with Crippen LogP contribution in [0.1, 0.15) is 0 Å². The molecular formula is C13H10BrN5O. The van der Waals surface area contributed by atoms with Crippen molar-refractivity contribution < 1.29 is 4.74 Å². The predicted molar refractivity (Wildman–Crippen MR) is 79.4 cm³/mol. The van der Waals surface area contributed by atoms with Crippen LogP contribution in [0.5, 0.6) is 11.6 Å². The van der Waals surface area contributed by atoms with E-state index in [0.717, 1.165) is 10.9 Å². The summed E-state index contributed by atoms with van der Waals surface area (Å²) in [6, 6.07) is 9.52. The summed E-state index contributed by atoms with van der Waals surface area (Å²) in [5.74, 6) is 6.82. The molecule has 2 heterocycles. The summed E-state index contributed by atoms with van der Waals surface area (Å²) in [6.07, 6.45) is 3.11. The molecule has 0 unspecified atom stereocenters. The molecule has 0 radical (unpaired) electrons. The standard InChI is InChI=1S/C13H10BrN5O/c14-11-12(19-15)17-7-18-13(11)20-9-4-3-8-2-1-5-16-10(8)6-9/h1-7H,15H2,(H,17,18,19). The van der Waals surface area contributed by atoms with E-state index in [2.05, 4.69) is 36.3 Å². The number of nitrogen functional groups attached to an aromatic ring is 1. The van der Waals surface area contributed by atoms with Gasteiger partial charge in [0, 0.05) is 17.6 Å². The zero-order valence-corrected chi connectivity index (χ0v) is 11.8. The number of hydrazine groups is 1. The number of ether oxygens (including phenoxy) is 1. The summed E-state index contributed by atoms with van der Waals surface area (Å²) in [5, 5.41) is 1.05. The van der Waals surface area contributed by atoms with Crippen molar-refractivity contribution in [1.29, 1.82) is 0 Å². The lowest BCUT2D eigenvalue weighted by Gasteiger charge is -2.09. The number of pyridine rings is 1. The van der Waals surface area contributed by atoms with Gasteiger partial charge in [0.05, 0.1) is 5.52 Å². The number of aromatic nitrogens is 3. The molecule has 0 aliphatic heterocycles. The molecule has 0 saturated carbocycles. The van der Waals surface area contributed by atoms with Crippen molar-refractivity contribution in [1.82, 2.24) is 15.0 Å². The normalized spacial score (nSPS) is 10.5. The molecule has 0 fully saturated rings. The second kappa shape index (κ2) is 5.40. The van der Waals surface area contributed by atoms with Crippen LogP contribution in [-0.2, 0) is 0 Å². The minimum atomic E-state index is 0.378. The highest BCUT2D eigenvalue weighted by molar-refractivity contribution is 9.10. The third-order valence-electron chi connectivity index (χ3n) is 2.69. The molecule has 0 amide bonds. The maximum atomic E-state index is 5.73. The Hall–Kier alpha value is -2.25. The molecule has 3 aromatic rings. The minimum absolute atomic E-state index is 0.378. The van der Waals surface area contributed by atoms with Crippen LogP contribution in [0.3, 0.4) is 0 Å². The van der Waals surface area contributed by atoms with Gasteiger partial charge in [-0.25, -0.2) is 15.8 Å². The van der Waals surface area contributed by atoms with E-state index in [4.69, 9.17) is 10.6 Å². The second-order valence-electron chi connectivity index (χ2n) is 3.95. The number of rotatable bonds is 3. The Balaban J connectivity index is 1.97. The highest BCUT2D eigenvalue weighted by atomic mass is 79.9. The quantitative estimate of drug-likeness (QED) is 0.567. The SMILES string of the molecule is NNc1ncnc(Oc2ccc3cccnc3c2)c1Br. The number of nitrogens with one attached hydrogen (secondary N) is 1. The van der Waals surface area contributed by atoms with Gasteiger partial charge >= 0.3 is 0 Å². The van der Waals surface area contributed by atoms with E-state index in [1.807, 2.05) is 30.3 Å². The van der Waals surface area contributed by atoms with Crippen LogP contribution < -0.4 is 16.0 Å². The average molecular weight is 332 g/mol. The molecule has 6 nitrogen and oxygen atoms in total. The number of anilines is 1. The first-order valence-corrected chi connectivity index (χ1v) is 6.57. The molecule has 0 aliphatic rings. The number of nitrogens with zero attached hydrogens (tertiary/aromatic N) is 3. The van der Waals surface area contributed by atoms with Gasteiger partial charge in [-0.2, -0.15) is 0 Å². The molecule has 3 rings (SSSR count).